The molecule has 7 unspecified atom stereocenters. The molecule has 0 saturated carbocycles. The monoisotopic (exact) mass is 963 g/mol. The number of hydrogen-bond donors (Lipinski definition) is 0. The number of hydrogen-bond acceptors (Lipinski definition) is 7. The molecule has 0 spiro atoms. The third-order valence-electron chi connectivity index (χ3n) is 13.4. The van der Waals surface area contributed by atoms with E-state index in [0.29, 0.717) is 77.9 Å². The van der Waals surface area contributed by atoms with Gasteiger partial charge in [0.2, 0.25) is 0 Å². The van der Waals surface area contributed by atoms with E-state index in [0.717, 1.165) is 80.6 Å². The van der Waals surface area contributed by atoms with Gasteiger partial charge in [0.05, 0.1) is 66.1 Å². The van der Waals surface area contributed by atoms with E-state index in [1.54, 1.807) is 0 Å². The highest BCUT2D eigenvalue weighted by atomic mass is 35.6. The topological polar surface area (TPSA) is 64.6 Å². The average Bonchev–Trinajstić information content (AvgIpc) is 3.22. The smallest absolute Gasteiger partial charge is 0.150 e. The Morgan fingerprint density at radius 1 is 0.308 bits per heavy atom. The van der Waals surface area contributed by atoms with Gasteiger partial charge in [0, 0.05) is 19.8 Å². The van der Waals surface area contributed by atoms with Crippen molar-refractivity contribution in [3.63, 3.8) is 0 Å². The molecule has 0 aliphatic carbocycles. The Morgan fingerprint density at radius 3 is 0.923 bits per heavy atom. The van der Waals surface area contributed by atoms with Crippen LogP contribution in [0.15, 0.2) is 0 Å². The summed E-state index contributed by atoms with van der Waals surface area (Å²) in [4.78, 5) is 0. The lowest BCUT2D eigenvalue weighted by Crippen LogP contribution is -2.28. The summed E-state index contributed by atoms with van der Waals surface area (Å²) in [7, 11) is -1.49. The van der Waals surface area contributed by atoms with Crippen molar-refractivity contribution in [2.75, 3.05) is 85.9 Å². The van der Waals surface area contributed by atoms with Gasteiger partial charge in [-0.3, -0.25) is 0 Å². The molecule has 0 fully saturated rings. The summed E-state index contributed by atoms with van der Waals surface area (Å²) in [5, 5.41) is 0. The molecule has 0 heterocycles. The summed E-state index contributed by atoms with van der Waals surface area (Å²) in [6.07, 6.45) is 27.8. The Labute approximate surface area is 412 Å². The summed E-state index contributed by atoms with van der Waals surface area (Å²) in [5.41, 5.74) is 0. The Kier molecular flexibility index (Phi) is 45.5. The fourth-order valence-electron chi connectivity index (χ4n) is 8.64. The van der Waals surface area contributed by atoms with Crippen LogP contribution >= 0.6 is 11.1 Å². The van der Waals surface area contributed by atoms with Crippen molar-refractivity contribution in [3.8, 4) is 0 Å². The molecule has 65 heavy (non-hydrogen) atoms. The molecule has 0 aromatic carbocycles. The summed E-state index contributed by atoms with van der Waals surface area (Å²) in [5.74, 6) is 6.46. The van der Waals surface area contributed by atoms with Gasteiger partial charge < -0.3 is 33.2 Å². The third-order valence-corrected chi connectivity index (χ3v) is 15.5. The van der Waals surface area contributed by atoms with Crippen LogP contribution in [-0.4, -0.2) is 99.4 Å². The van der Waals surface area contributed by atoms with E-state index in [1.165, 1.54) is 116 Å². The lowest BCUT2D eigenvalue weighted by Gasteiger charge is -2.21. The number of halogens is 1. The van der Waals surface area contributed by atoms with Crippen LogP contribution < -0.4 is 0 Å². The highest BCUT2D eigenvalue weighted by molar-refractivity contribution is 7.19. The van der Waals surface area contributed by atoms with Crippen LogP contribution in [0.5, 0.6) is 0 Å². The predicted molar refractivity (Wildman–Crippen MR) is 284 cm³/mol. The van der Waals surface area contributed by atoms with Crippen molar-refractivity contribution in [2.45, 2.75) is 229 Å². The zero-order valence-corrected chi connectivity index (χ0v) is 47.4. The first-order valence-electron chi connectivity index (χ1n) is 27.8. The van der Waals surface area contributed by atoms with Crippen molar-refractivity contribution in [1.29, 1.82) is 0 Å². The molecule has 0 bridgehead atoms. The van der Waals surface area contributed by atoms with Crippen LogP contribution in [0.1, 0.15) is 204 Å². The standard InChI is InChI=1S/C56H115ClO7Si/c1-48(2)20-13-22-50(5)24-15-26-52(7)28-17-30-54(9)32-35-62-46-56(47-63-44-43-61-42-41-60-40-39-59-38-37-58-34-19-45-65(11,12)57)64-36-33-55(10)31-18-29-53(8)27-16-25-51(6)23-14-21-49(3)4/h48-56H,13-47H2,1-12H3. The molecule has 0 N–H and O–H groups in total. The largest absolute Gasteiger partial charge is 0.379 e. The first-order valence-corrected chi connectivity index (χ1v) is 32.1. The van der Waals surface area contributed by atoms with Gasteiger partial charge in [0.25, 0.3) is 0 Å². The van der Waals surface area contributed by atoms with E-state index in [4.69, 9.17) is 44.2 Å². The van der Waals surface area contributed by atoms with Crippen molar-refractivity contribution in [2.24, 2.45) is 47.3 Å². The second kappa shape index (κ2) is 45.4. The molecule has 9 heteroatoms. The van der Waals surface area contributed by atoms with E-state index < -0.39 is 7.38 Å². The molecule has 0 rings (SSSR count). The maximum atomic E-state index is 6.43. The SMILES string of the molecule is CC(C)CCCC(C)CCCC(C)CCCC(C)CCOCC(COCCOCCOCCOCCOCCC[Si](C)(C)Cl)OCCC(C)CCCC(C)CCCC(C)CCCC(C)C. The van der Waals surface area contributed by atoms with Gasteiger partial charge in [0.15, 0.2) is 7.38 Å². The molecule has 0 aliphatic heterocycles. The van der Waals surface area contributed by atoms with Crippen LogP contribution in [0.3, 0.4) is 0 Å². The highest BCUT2D eigenvalue weighted by Gasteiger charge is 2.16. The molecule has 0 aromatic heterocycles. The molecule has 7 nitrogen and oxygen atoms in total. The van der Waals surface area contributed by atoms with Gasteiger partial charge in [-0.05, 0) is 72.6 Å². The molecular weight excluding hydrogens is 848 g/mol. The van der Waals surface area contributed by atoms with Crippen LogP contribution in [0, 0.1) is 47.3 Å². The molecule has 392 valence electrons. The molecule has 0 saturated heterocycles. The third kappa shape index (κ3) is 50.4. The maximum Gasteiger partial charge on any atom is 0.150 e. The van der Waals surface area contributed by atoms with E-state index >= 15 is 0 Å². The Morgan fingerprint density at radius 2 is 0.585 bits per heavy atom. The Hall–Kier alpha value is 0.227. The van der Waals surface area contributed by atoms with Crippen LogP contribution in [0.4, 0.5) is 0 Å². The van der Waals surface area contributed by atoms with E-state index in [2.05, 4.69) is 82.3 Å². The van der Waals surface area contributed by atoms with E-state index in [1.807, 2.05) is 0 Å². The normalized spacial score (nSPS) is 15.7. The minimum atomic E-state index is -1.49. The summed E-state index contributed by atoms with van der Waals surface area (Å²) in [6.45, 7) is 36.2. The zero-order valence-electron chi connectivity index (χ0n) is 45.7. The second-order valence-corrected chi connectivity index (χ2v) is 29.5. The first-order chi connectivity index (χ1) is 31.1. The minimum absolute atomic E-state index is 0.0581. The van der Waals surface area contributed by atoms with Gasteiger partial charge >= 0.3 is 0 Å². The first kappa shape index (κ1) is 65.2. The van der Waals surface area contributed by atoms with Crippen LogP contribution in [0.25, 0.3) is 0 Å². The quantitative estimate of drug-likeness (QED) is 0.0342. The van der Waals surface area contributed by atoms with Gasteiger partial charge in [-0.1, -0.05) is 198 Å². The number of rotatable bonds is 51. The fourth-order valence-corrected chi connectivity index (χ4v) is 10.0. The molecule has 0 amide bonds. The second-order valence-electron chi connectivity index (χ2n) is 22.5. The highest BCUT2D eigenvalue weighted by Crippen LogP contribution is 2.25. The van der Waals surface area contributed by atoms with Crippen LogP contribution in [0.2, 0.25) is 19.1 Å². The van der Waals surface area contributed by atoms with E-state index in [-0.39, 0.29) is 6.10 Å². The minimum Gasteiger partial charge on any atom is -0.379 e. The van der Waals surface area contributed by atoms with Gasteiger partial charge in [-0.25, -0.2) is 0 Å². The van der Waals surface area contributed by atoms with Gasteiger partial charge in [-0.2, -0.15) is 11.1 Å². The Bertz CT molecular complexity index is 967. The predicted octanol–water partition coefficient (Wildman–Crippen LogP) is 16.2. The van der Waals surface area contributed by atoms with Crippen molar-refractivity contribution in [1.82, 2.24) is 0 Å². The van der Waals surface area contributed by atoms with Gasteiger partial charge in [0.1, 0.15) is 6.10 Å². The van der Waals surface area contributed by atoms with Gasteiger partial charge in [-0.15, -0.1) is 0 Å². The Balaban J connectivity index is 4.41. The van der Waals surface area contributed by atoms with Crippen molar-refractivity contribution in [3.05, 3.63) is 0 Å². The lowest BCUT2D eigenvalue weighted by molar-refractivity contribution is -0.0723. The number of ether oxygens (including phenoxy) is 7. The molecule has 7 atom stereocenters. The molecule has 0 radical (unpaired) electrons. The lowest BCUT2D eigenvalue weighted by atomic mass is 9.91. The summed E-state index contributed by atoms with van der Waals surface area (Å²) >= 11 is 6.36. The maximum absolute atomic E-state index is 6.43. The van der Waals surface area contributed by atoms with Crippen molar-refractivity contribution >= 4 is 18.5 Å². The van der Waals surface area contributed by atoms with Crippen LogP contribution in [-0.2, 0) is 33.2 Å². The fraction of sp³-hybridized carbons (Fsp3) is 1.00. The zero-order chi connectivity index (χ0) is 48.4. The van der Waals surface area contributed by atoms with E-state index in [9.17, 15) is 0 Å². The average molecular weight is 964 g/mol. The molecule has 0 aromatic rings. The van der Waals surface area contributed by atoms with Crippen molar-refractivity contribution < 1.29 is 33.2 Å². The molecular formula is C56H115ClO7Si. The summed E-state index contributed by atoms with van der Waals surface area (Å²) < 4.78 is 41.4. The summed E-state index contributed by atoms with van der Waals surface area (Å²) in [6, 6.07) is 1.08. The molecule has 0 aliphatic rings.